The van der Waals surface area contributed by atoms with Crippen molar-refractivity contribution in [1.29, 1.82) is 0 Å². The van der Waals surface area contributed by atoms with Gasteiger partial charge in [0.15, 0.2) is 6.10 Å². The van der Waals surface area contributed by atoms with Crippen molar-refractivity contribution in [3.63, 3.8) is 0 Å². The Hall–Kier alpha value is -2.29. The lowest BCUT2D eigenvalue weighted by Crippen LogP contribution is -2.29. The summed E-state index contributed by atoms with van der Waals surface area (Å²) in [4.78, 5) is 34.8. The van der Waals surface area contributed by atoms with Gasteiger partial charge in [0.2, 0.25) is 0 Å². The summed E-state index contributed by atoms with van der Waals surface area (Å²) in [5, 5.41) is 0. The molecule has 2 atom stereocenters. The fourth-order valence-electron chi connectivity index (χ4n) is 5.05. The highest BCUT2D eigenvalue weighted by atomic mass is 31.2. The van der Waals surface area contributed by atoms with E-state index in [-0.39, 0.29) is 32.6 Å². The van der Waals surface area contributed by atoms with Crippen molar-refractivity contribution in [3.8, 4) is 0 Å². The highest BCUT2D eigenvalue weighted by Crippen LogP contribution is 2.43. The van der Waals surface area contributed by atoms with E-state index in [2.05, 4.69) is 44.2 Å². The molecule has 10 heteroatoms. The van der Waals surface area contributed by atoms with Crippen LogP contribution >= 0.6 is 7.82 Å². The average molecular weight is 738 g/mol. The van der Waals surface area contributed by atoms with Gasteiger partial charge < -0.3 is 20.1 Å². The number of carbonyl (C=O) groups is 2. The number of phosphoric acid groups is 1. The van der Waals surface area contributed by atoms with Crippen molar-refractivity contribution < 1.29 is 37.6 Å². The van der Waals surface area contributed by atoms with Crippen molar-refractivity contribution in [3.05, 3.63) is 60.8 Å². The van der Waals surface area contributed by atoms with Crippen molar-refractivity contribution in [1.82, 2.24) is 0 Å². The van der Waals surface area contributed by atoms with Crippen LogP contribution in [0.5, 0.6) is 0 Å². The molecule has 0 aromatic heterocycles. The van der Waals surface area contributed by atoms with E-state index in [0.717, 1.165) is 70.6 Å². The van der Waals surface area contributed by atoms with Crippen LogP contribution in [-0.4, -0.2) is 49.3 Å². The number of rotatable bonds is 36. The molecule has 0 aliphatic carbocycles. The molecule has 0 spiro atoms. The fourth-order valence-corrected chi connectivity index (χ4v) is 5.81. The third kappa shape index (κ3) is 37.3. The minimum atomic E-state index is -4.38. The van der Waals surface area contributed by atoms with Crippen molar-refractivity contribution in [2.45, 2.75) is 161 Å². The molecule has 3 N–H and O–H groups in total. The molecule has 0 radical (unpaired) electrons. The van der Waals surface area contributed by atoms with Gasteiger partial charge in [-0.15, -0.1) is 0 Å². The zero-order valence-electron chi connectivity index (χ0n) is 32.1. The number of carbonyl (C=O) groups excluding carboxylic acids is 2. The summed E-state index contributed by atoms with van der Waals surface area (Å²) in [5.41, 5.74) is 5.33. The predicted octanol–water partition coefficient (Wildman–Crippen LogP) is 10.9. The summed E-state index contributed by atoms with van der Waals surface area (Å²) in [7, 11) is -4.38. The number of nitrogens with two attached hydrogens (primary N) is 1. The molecule has 0 aliphatic rings. The Morgan fingerprint density at radius 3 is 1.67 bits per heavy atom. The van der Waals surface area contributed by atoms with Crippen molar-refractivity contribution in [2.75, 3.05) is 26.4 Å². The van der Waals surface area contributed by atoms with Gasteiger partial charge in [0.1, 0.15) is 6.61 Å². The van der Waals surface area contributed by atoms with E-state index >= 15 is 0 Å². The van der Waals surface area contributed by atoms with Gasteiger partial charge in [-0.05, 0) is 57.8 Å². The Morgan fingerprint density at radius 2 is 1.10 bits per heavy atom. The number of esters is 2. The molecule has 0 saturated heterocycles. The summed E-state index contributed by atoms with van der Waals surface area (Å²) in [5.74, 6) is -0.866. The molecule has 0 saturated carbocycles. The Bertz CT molecular complexity index is 1020. The molecule has 1 unspecified atom stereocenters. The van der Waals surface area contributed by atoms with Crippen LogP contribution in [-0.2, 0) is 32.7 Å². The van der Waals surface area contributed by atoms with Gasteiger partial charge >= 0.3 is 19.8 Å². The lowest BCUT2D eigenvalue weighted by molar-refractivity contribution is -0.161. The van der Waals surface area contributed by atoms with Gasteiger partial charge in [-0.25, -0.2) is 4.57 Å². The second-order valence-corrected chi connectivity index (χ2v) is 14.3. The van der Waals surface area contributed by atoms with Crippen LogP contribution in [0.1, 0.15) is 155 Å². The van der Waals surface area contributed by atoms with Gasteiger partial charge in [-0.3, -0.25) is 18.6 Å². The van der Waals surface area contributed by atoms with Crippen LogP contribution in [0.3, 0.4) is 0 Å². The third-order valence-electron chi connectivity index (χ3n) is 7.98. The van der Waals surface area contributed by atoms with Crippen LogP contribution in [0.15, 0.2) is 60.8 Å². The largest absolute Gasteiger partial charge is 0.472 e. The molecular formula is C41H72NO8P. The van der Waals surface area contributed by atoms with Gasteiger partial charge in [0.05, 0.1) is 13.2 Å². The summed E-state index contributed by atoms with van der Waals surface area (Å²) < 4.78 is 32.7. The Labute approximate surface area is 310 Å². The van der Waals surface area contributed by atoms with E-state index in [0.29, 0.717) is 6.42 Å². The number of hydrogen-bond donors (Lipinski definition) is 2. The smallest absolute Gasteiger partial charge is 0.462 e. The van der Waals surface area contributed by atoms with E-state index in [1.54, 1.807) is 0 Å². The molecule has 0 bridgehead atoms. The Morgan fingerprint density at radius 1 is 0.608 bits per heavy atom. The number of phosphoric ester groups is 1. The van der Waals surface area contributed by atoms with E-state index in [9.17, 15) is 19.0 Å². The molecule has 0 rings (SSSR count). The minimum absolute atomic E-state index is 0.0458. The Balaban J connectivity index is 4.26. The normalized spacial score (nSPS) is 14.0. The molecular weight excluding hydrogens is 665 g/mol. The molecule has 0 aliphatic heterocycles. The predicted molar refractivity (Wildman–Crippen MR) is 210 cm³/mol. The second-order valence-electron chi connectivity index (χ2n) is 12.9. The number of unbranched alkanes of at least 4 members (excludes halogenated alkanes) is 16. The number of hydrogen-bond acceptors (Lipinski definition) is 8. The fraction of sp³-hybridized carbons (Fsp3) is 0.707. The van der Waals surface area contributed by atoms with Crippen LogP contribution in [0.2, 0.25) is 0 Å². The lowest BCUT2D eigenvalue weighted by Gasteiger charge is -2.19. The number of allylic oxidation sites excluding steroid dienone is 10. The van der Waals surface area contributed by atoms with Crippen molar-refractivity contribution in [2.24, 2.45) is 5.73 Å². The first-order valence-corrected chi connectivity index (χ1v) is 21.3. The van der Waals surface area contributed by atoms with Crippen LogP contribution in [0.4, 0.5) is 0 Å². The quantitative estimate of drug-likeness (QED) is 0.0212. The second kappa shape index (κ2) is 37.5. The summed E-state index contributed by atoms with van der Waals surface area (Å²) in [6, 6.07) is 0. The zero-order valence-corrected chi connectivity index (χ0v) is 33.0. The number of ether oxygens (including phenoxy) is 2. The maximum atomic E-state index is 12.5. The zero-order chi connectivity index (χ0) is 37.5. The van der Waals surface area contributed by atoms with Crippen molar-refractivity contribution >= 4 is 19.8 Å². The molecule has 0 amide bonds. The first-order chi connectivity index (χ1) is 24.8. The van der Waals surface area contributed by atoms with Crippen LogP contribution in [0, 0.1) is 0 Å². The molecule has 294 valence electrons. The molecule has 0 aromatic carbocycles. The SMILES string of the molecule is CC/C=C/C=C/C=C/C=C/CCCCCCCC(=O)O[C@H](COC(=O)CCCCCCCCC/C=C/CCCCCC)COP(=O)(O)OCCN. The first kappa shape index (κ1) is 48.7. The van der Waals surface area contributed by atoms with E-state index in [1.165, 1.54) is 51.4 Å². The van der Waals surface area contributed by atoms with Gasteiger partial charge in [-0.1, -0.05) is 145 Å². The summed E-state index contributed by atoms with van der Waals surface area (Å²) in [6.07, 6.45) is 42.4. The molecule has 51 heavy (non-hydrogen) atoms. The topological polar surface area (TPSA) is 134 Å². The molecule has 0 fully saturated rings. The van der Waals surface area contributed by atoms with Gasteiger partial charge in [0, 0.05) is 19.4 Å². The Kier molecular flexibility index (Phi) is 35.8. The molecule has 0 aromatic rings. The third-order valence-corrected chi connectivity index (χ3v) is 8.97. The molecule has 0 heterocycles. The summed E-state index contributed by atoms with van der Waals surface area (Å²) >= 11 is 0. The highest BCUT2D eigenvalue weighted by molar-refractivity contribution is 7.47. The summed E-state index contributed by atoms with van der Waals surface area (Å²) in [6.45, 7) is 3.53. The average Bonchev–Trinajstić information content (AvgIpc) is 3.11. The highest BCUT2D eigenvalue weighted by Gasteiger charge is 2.25. The van der Waals surface area contributed by atoms with Crippen LogP contribution in [0.25, 0.3) is 0 Å². The minimum Gasteiger partial charge on any atom is -0.462 e. The van der Waals surface area contributed by atoms with Crippen LogP contribution < -0.4 is 5.73 Å². The van der Waals surface area contributed by atoms with E-state index in [1.807, 2.05) is 30.4 Å². The first-order valence-electron chi connectivity index (χ1n) is 19.8. The van der Waals surface area contributed by atoms with Gasteiger partial charge in [0.25, 0.3) is 0 Å². The maximum Gasteiger partial charge on any atom is 0.472 e. The van der Waals surface area contributed by atoms with Gasteiger partial charge in [-0.2, -0.15) is 0 Å². The standard InChI is InChI=1S/C41H72NO8P/c1-3-5-7-9-11-13-15-17-19-21-23-25-27-29-31-33-40(43)47-37-39(38-49-51(45,46)48-36-35-42)50-41(44)34-32-30-28-26-24-22-20-18-16-14-12-10-8-6-4-2/h6,8,10,12-16,18,20,39H,3-5,7,9,11,17,19,21-38,42H2,1-2H3,(H,45,46)/b8-6+,12-10+,15-13+,16-14+,20-18+/t39-/m1/s1. The lowest BCUT2D eigenvalue weighted by atomic mass is 10.1. The maximum absolute atomic E-state index is 12.5. The van der Waals surface area contributed by atoms with E-state index in [4.69, 9.17) is 24.3 Å². The van der Waals surface area contributed by atoms with E-state index < -0.39 is 32.5 Å². The molecule has 9 nitrogen and oxygen atoms in total. The monoisotopic (exact) mass is 737 g/mol.